The van der Waals surface area contributed by atoms with E-state index in [1.807, 2.05) is 31.2 Å². The third-order valence-corrected chi connectivity index (χ3v) is 3.74. The Balaban J connectivity index is 2.05. The van der Waals surface area contributed by atoms with Crippen LogP contribution in [0.5, 0.6) is 0 Å². The summed E-state index contributed by atoms with van der Waals surface area (Å²) in [5.41, 5.74) is 0.801. The summed E-state index contributed by atoms with van der Waals surface area (Å²) in [6, 6.07) is 7.65. The minimum atomic E-state index is -0.0647. The molecular formula is C11H11N3OS2. The summed E-state index contributed by atoms with van der Waals surface area (Å²) in [5.74, 6) is 0.734. The maximum Gasteiger partial charge on any atom is 0.221 e. The topological polar surface area (TPSA) is 54.9 Å². The number of nitrogens with one attached hydrogen (secondary N) is 1. The van der Waals surface area contributed by atoms with Crippen LogP contribution >= 0.6 is 23.3 Å². The number of nitrogens with zero attached hydrogens (tertiary/aromatic N) is 2. The molecule has 1 amide bonds. The summed E-state index contributed by atoms with van der Waals surface area (Å²) in [7, 11) is 0. The van der Waals surface area contributed by atoms with Crippen LogP contribution in [0.4, 0.5) is 5.69 Å². The second kappa shape index (κ2) is 5.29. The van der Waals surface area contributed by atoms with E-state index in [-0.39, 0.29) is 5.91 Å². The van der Waals surface area contributed by atoms with Crippen LogP contribution in [0.3, 0.4) is 0 Å². The number of aromatic nitrogens is 2. The number of hydrogen-bond acceptors (Lipinski definition) is 5. The van der Waals surface area contributed by atoms with Crippen LogP contribution in [0.2, 0.25) is 0 Å². The van der Waals surface area contributed by atoms with E-state index in [1.165, 1.54) is 18.5 Å². The molecular weight excluding hydrogens is 254 g/mol. The van der Waals surface area contributed by atoms with Crippen LogP contribution in [0.15, 0.2) is 33.5 Å². The van der Waals surface area contributed by atoms with Crippen molar-refractivity contribution in [3.8, 4) is 0 Å². The number of hydrogen-bond donors (Lipinski definition) is 1. The predicted molar refractivity (Wildman–Crippen MR) is 69.5 cm³/mol. The van der Waals surface area contributed by atoms with Crippen molar-refractivity contribution in [3.63, 3.8) is 0 Å². The molecule has 0 atom stereocenters. The average Bonchev–Trinajstić information content (AvgIpc) is 2.66. The molecule has 1 N–H and O–H groups in total. The maximum atomic E-state index is 10.9. The summed E-state index contributed by atoms with van der Waals surface area (Å²) in [4.78, 5) is 16.2. The fourth-order valence-electron chi connectivity index (χ4n) is 1.23. The Morgan fingerprint density at radius 1 is 1.35 bits per heavy atom. The molecule has 0 aliphatic rings. The van der Waals surface area contributed by atoms with Crippen LogP contribution in [0.1, 0.15) is 12.7 Å². The van der Waals surface area contributed by atoms with Gasteiger partial charge in [-0.3, -0.25) is 4.79 Å². The van der Waals surface area contributed by atoms with E-state index in [0.717, 1.165) is 20.7 Å². The highest BCUT2D eigenvalue weighted by Crippen LogP contribution is 2.29. The first-order valence-electron chi connectivity index (χ1n) is 4.99. The number of anilines is 1. The second-order valence-corrected chi connectivity index (χ2v) is 5.49. The summed E-state index contributed by atoms with van der Waals surface area (Å²) >= 11 is 2.96. The van der Waals surface area contributed by atoms with E-state index in [2.05, 4.69) is 14.7 Å². The van der Waals surface area contributed by atoms with Crippen LogP contribution < -0.4 is 5.32 Å². The van der Waals surface area contributed by atoms with Crippen molar-refractivity contribution in [1.82, 2.24) is 9.36 Å². The van der Waals surface area contributed by atoms with Crippen LogP contribution in [-0.2, 0) is 4.79 Å². The van der Waals surface area contributed by atoms with Crippen molar-refractivity contribution < 1.29 is 4.79 Å². The maximum absolute atomic E-state index is 10.9. The molecule has 0 aliphatic heterocycles. The van der Waals surface area contributed by atoms with Gasteiger partial charge in [-0.25, -0.2) is 4.98 Å². The summed E-state index contributed by atoms with van der Waals surface area (Å²) in [6.45, 7) is 3.37. The van der Waals surface area contributed by atoms with Gasteiger partial charge >= 0.3 is 0 Å². The Morgan fingerprint density at radius 2 is 2.06 bits per heavy atom. The first kappa shape index (κ1) is 12.1. The molecule has 4 nitrogen and oxygen atoms in total. The summed E-state index contributed by atoms with van der Waals surface area (Å²) < 4.78 is 5.05. The van der Waals surface area contributed by atoms with Crippen molar-refractivity contribution in [1.29, 1.82) is 0 Å². The van der Waals surface area contributed by atoms with E-state index in [9.17, 15) is 4.79 Å². The summed E-state index contributed by atoms with van der Waals surface area (Å²) in [6.07, 6.45) is 0. The molecule has 1 aromatic carbocycles. The highest BCUT2D eigenvalue weighted by Gasteiger charge is 2.03. The third kappa shape index (κ3) is 3.54. The normalized spacial score (nSPS) is 10.2. The molecule has 6 heteroatoms. The van der Waals surface area contributed by atoms with Crippen molar-refractivity contribution in [3.05, 3.63) is 30.1 Å². The van der Waals surface area contributed by atoms with E-state index in [1.54, 1.807) is 11.8 Å². The molecule has 88 valence electrons. The third-order valence-electron chi connectivity index (χ3n) is 1.89. The summed E-state index contributed by atoms with van der Waals surface area (Å²) in [5, 5.41) is 2.73. The van der Waals surface area contributed by atoms with Crippen molar-refractivity contribution in [2.24, 2.45) is 0 Å². The van der Waals surface area contributed by atoms with Gasteiger partial charge in [-0.15, -0.1) is 0 Å². The van der Waals surface area contributed by atoms with Gasteiger partial charge < -0.3 is 5.32 Å². The number of amides is 1. The minimum absolute atomic E-state index is 0.0647. The average molecular weight is 265 g/mol. The molecule has 0 spiro atoms. The number of carbonyl (C=O) groups excluding carboxylic acids is 1. The number of carbonyl (C=O) groups is 1. The highest BCUT2D eigenvalue weighted by molar-refractivity contribution is 8.01. The fourth-order valence-corrected chi connectivity index (χ4v) is 2.85. The Bertz CT molecular complexity index is 522. The van der Waals surface area contributed by atoms with Gasteiger partial charge in [0.05, 0.1) is 0 Å². The zero-order chi connectivity index (χ0) is 12.3. The molecule has 0 saturated heterocycles. The Labute approximate surface area is 108 Å². The smallest absolute Gasteiger partial charge is 0.221 e. The first-order valence-corrected chi connectivity index (χ1v) is 6.58. The van der Waals surface area contributed by atoms with E-state index in [4.69, 9.17) is 0 Å². The van der Waals surface area contributed by atoms with Crippen molar-refractivity contribution in [2.75, 3.05) is 5.32 Å². The molecule has 0 saturated carbocycles. The van der Waals surface area contributed by atoms with Gasteiger partial charge in [0.15, 0.2) is 4.34 Å². The SMILES string of the molecule is CC(=O)Nc1ccc(Sc2nc(C)ns2)cc1. The largest absolute Gasteiger partial charge is 0.326 e. The molecule has 2 aromatic rings. The van der Waals surface area contributed by atoms with E-state index in [0.29, 0.717) is 0 Å². The zero-order valence-corrected chi connectivity index (χ0v) is 11.1. The Morgan fingerprint density at radius 3 is 2.59 bits per heavy atom. The van der Waals surface area contributed by atoms with Gasteiger partial charge in [-0.1, -0.05) is 11.8 Å². The molecule has 17 heavy (non-hydrogen) atoms. The lowest BCUT2D eigenvalue weighted by Crippen LogP contribution is -2.05. The lowest BCUT2D eigenvalue weighted by Gasteiger charge is -2.02. The molecule has 0 bridgehead atoms. The zero-order valence-electron chi connectivity index (χ0n) is 9.43. The van der Waals surface area contributed by atoms with Gasteiger partial charge in [0.2, 0.25) is 5.91 Å². The minimum Gasteiger partial charge on any atom is -0.326 e. The molecule has 1 aromatic heterocycles. The molecule has 2 rings (SSSR count). The molecule has 1 heterocycles. The lowest BCUT2D eigenvalue weighted by molar-refractivity contribution is -0.114. The van der Waals surface area contributed by atoms with E-state index < -0.39 is 0 Å². The number of rotatable bonds is 3. The highest BCUT2D eigenvalue weighted by atomic mass is 32.2. The Hall–Kier alpha value is -1.40. The van der Waals surface area contributed by atoms with Gasteiger partial charge in [-0.05, 0) is 42.7 Å². The predicted octanol–water partition coefficient (Wildman–Crippen LogP) is 2.96. The van der Waals surface area contributed by atoms with Crippen molar-refractivity contribution in [2.45, 2.75) is 23.1 Å². The molecule has 0 unspecified atom stereocenters. The van der Waals surface area contributed by atoms with E-state index >= 15 is 0 Å². The first-order chi connectivity index (χ1) is 8.13. The number of benzene rings is 1. The van der Waals surface area contributed by atoms with Gasteiger partial charge in [0, 0.05) is 17.5 Å². The van der Waals surface area contributed by atoms with Gasteiger partial charge in [0.25, 0.3) is 0 Å². The van der Waals surface area contributed by atoms with Crippen LogP contribution in [-0.4, -0.2) is 15.3 Å². The van der Waals surface area contributed by atoms with Gasteiger partial charge in [-0.2, -0.15) is 4.37 Å². The van der Waals surface area contributed by atoms with Crippen molar-refractivity contribution >= 4 is 34.9 Å². The van der Waals surface area contributed by atoms with Gasteiger partial charge in [0.1, 0.15) is 5.82 Å². The molecule has 0 fully saturated rings. The van der Waals surface area contributed by atoms with Crippen LogP contribution in [0, 0.1) is 6.92 Å². The molecule has 0 radical (unpaired) electrons. The second-order valence-electron chi connectivity index (χ2n) is 3.42. The lowest BCUT2D eigenvalue weighted by atomic mass is 10.3. The standard InChI is InChI=1S/C11H11N3OS2/c1-7-12-11(17-14-7)16-10-5-3-9(4-6-10)13-8(2)15/h3-6H,1-2H3,(H,13,15). The monoisotopic (exact) mass is 265 g/mol. The quantitative estimate of drug-likeness (QED) is 0.927. The van der Waals surface area contributed by atoms with Crippen LogP contribution in [0.25, 0.3) is 0 Å². The number of aryl methyl sites for hydroxylation is 1. The fraction of sp³-hybridized carbons (Fsp3) is 0.182. The Kier molecular flexibility index (Phi) is 3.75. The molecule has 0 aliphatic carbocycles.